The smallest absolute Gasteiger partial charge is 0.351 e. The summed E-state index contributed by atoms with van der Waals surface area (Å²) < 4.78 is 18.4. The number of benzene rings is 1. The molecule has 0 aliphatic carbocycles. The van der Waals surface area contributed by atoms with E-state index in [1.165, 1.54) is 4.57 Å². The summed E-state index contributed by atoms with van der Waals surface area (Å²) in [5.74, 6) is -0.209. The molecular weight excluding hydrogens is 398 g/mol. The van der Waals surface area contributed by atoms with Gasteiger partial charge in [-0.2, -0.15) is 4.98 Å². The molecule has 1 fully saturated rings. The fourth-order valence-corrected chi connectivity index (χ4v) is 3.43. The van der Waals surface area contributed by atoms with Gasteiger partial charge in [-0.15, -0.1) is 0 Å². The van der Waals surface area contributed by atoms with E-state index in [-0.39, 0.29) is 24.5 Å². The molecule has 1 aliphatic heterocycles. The molecule has 0 saturated carbocycles. The first-order chi connectivity index (χ1) is 15.0. The van der Waals surface area contributed by atoms with Gasteiger partial charge in [-0.25, -0.2) is 9.59 Å². The standard InChI is InChI=1S/C23H31N3O5/c1-3-4-5-12-29-14-18-13-26(23(28)25-21(18)24)20-11-10-19(31-20)15-30-22(27)17-8-6-16(2)7-9-17/h6-9,13,19-20H,3-5,10-12,14-15H2,1-2H3,(H2,24,25,28)/t19-,20-/m0/s1. The molecule has 0 spiro atoms. The van der Waals surface area contributed by atoms with Crippen LogP contribution in [0.3, 0.4) is 0 Å². The average Bonchev–Trinajstić information content (AvgIpc) is 3.22. The fraction of sp³-hybridized carbons (Fsp3) is 0.522. The molecule has 1 saturated heterocycles. The van der Waals surface area contributed by atoms with E-state index in [0.29, 0.717) is 37.2 Å². The molecule has 2 atom stereocenters. The molecule has 31 heavy (non-hydrogen) atoms. The molecule has 2 heterocycles. The van der Waals surface area contributed by atoms with Gasteiger partial charge >= 0.3 is 11.7 Å². The molecule has 1 aliphatic rings. The number of carbonyl (C=O) groups excluding carboxylic acids is 1. The number of hydrogen-bond acceptors (Lipinski definition) is 7. The van der Waals surface area contributed by atoms with Crippen LogP contribution in [-0.2, 0) is 20.8 Å². The maximum absolute atomic E-state index is 12.3. The predicted molar refractivity (Wildman–Crippen MR) is 117 cm³/mol. The number of nitrogens with two attached hydrogens (primary N) is 1. The van der Waals surface area contributed by atoms with Crippen LogP contribution < -0.4 is 11.4 Å². The van der Waals surface area contributed by atoms with Crippen molar-refractivity contribution in [2.24, 2.45) is 0 Å². The summed E-state index contributed by atoms with van der Waals surface area (Å²) in [6.45, 7) is 5.16. The second-order valence-corrected chi connectivity index (χ2v) is 7.86. The van der Waals surface area contributed by atoms with E-state index in [4.69, 9.17) is 19.9 Å². The maximum Gasteiger partial charge on any atom is 0.351 e. The Labute approximate surface area is 182 Å². The van der Waals surface area contributed by atoms with Crippen LogP contribution in [0.2, 0.25) is 0 Å². The summed E-state index contributed by atoms with van der Waals surface area (Å²) in [6, 6.07) is 7.21. The molecule has 2 N–H and O–H groups in total. The van der Waals surface area contributed by atoms with E-state index in [1.54, 1.807) is 18.3 Å². The Balaban J connectivity index is 1.55. The third-order valence-corrected chi connectivity index (χ3v) is 5.29. The monoisotopic (exact) mass is 429 g/mol. The van der Waals surface area contributed by atoms with Crippen molar-refractivity contribution >= 4 is 11.8 Å². The zero-order chi connectivity index (χ0) is 22.2. The normalized spacial score (nSPS) is 18.3. The van der Waals surface area contributed by atoms with Gasteiger partial charge in [-0.05, 0) is 38.3 Å². The van der Waals surface area contributed by atoms with Crippen LogP contribution >= 0.6 is 0 Å². The summed E-state index contributed by atoms with van der Waals surface area (Å²) in [5, 5.41) is 0. The number of esters is 1. The quantitative estimate of drug-likeness (QED) is 0.456. The van der Waals surface area contributed by atoms with E-state index in [2.05, 4.69) is 11.9 Å². The minimum atomic E-state index is -0.470. The number of carbonyl (C=O) groups is 1. The largest absolute Gasteiger partial charge is 0.459 e. The summed E-state index contributed by atoms with van der Waals surface area (Å²) in [6.07, 6.45) is 5.42. The first-order valence-electron chi connectivity index (χ1n) is 10.8. The number of aromatic nitrogens is 2. The Hall–Kier alpha value is -2.71. The van der Waals surface area contributed by atoms with Gasteiger partial charge in [-0.3, -0.25) is 4.57 Å². The lowest BCUT2D eigenvalue weighted by Gasteiger charge is -2.17. The summed E-state index contributed by atoms with van der Waals surface area (Å²) >= 11 is 0. The van der Waals surface area contributed by atoms with Gasteiger partial charge < -0.3 is 19.9 Å². The molecule has 1 aromatic heterocycles. The SMILES string of the molecule is CCCCCOCc1cn([C@@H]2CC[C@@H](COC(=O)c3ccc(C)cc3)O2)c(=O)nc1N. The average molecular weight is 430 g/mol. The highest BCUT2D eigenvalue weighted by Crippen LogP contribution is 2.28. The molecule has 1 aromatic carbocycles. The van der Waals surface area contributed by atoms with Crippen molar-refractivity contribution in [3.63, 3.8) is 0 Å². The van der Waals surface area contributed by atoms with Crippen molar-refractivity contribution in [1.82, 2.24) is 9.55 Å². The minimum Gasteiger partial charge on any atom is -0.459 e. The van der Waals surface area contributed by atoms with Crippen LogP contribution in [0.5, 0.6) is 0 Å². The third-order valence-electron chi connectivity index (χ3n) is 5.29. The molecule has 0 amide bonds. The van der Waals surface area contributed by atoms with E-state index >= 15 is 0 Å². The lowest BCUT2D eigenvalue weighted by molar-refractivity contribution is -0.0341. The van der Waals surface area contributed by atoms with E-state index in [1.807, 2.05) is 19.1 Å². The number of unbranched alkanes of at least 4 members (excludes halogenated alkanes) is 2. The molecule has 2 aromatic rings. The Kier molecular flexibility index (Phi) is 8.20. The lowest BCUT2D eigenvalue weighted by atomic mass is 10.1. The van der Waals surface area contributed by atoms with Crippen molar-refractivity contribution in [3.8, 4) is 0 Å². The Morgan fingerprint density at radius 3 is 2.77 bits per heavy atom. The van der Waals surface area contributed by atoms with Gasteiger partial charge in [0.2, 0.25) is 0 Å². The van der Waals surface area contributed by atoms with Crippen molar-refractivity contribution < 1.29 is 19.0 Å². The predicted octanol–water partition coefficient (Wildman–Crippen LogP) is 3.38. The Morgan fingerprint density at radius 1 is 1.26 bits per heavy atom. The van der Waals surface area contributed by atoms with Crippen molar-refractivity contribution in [1.29, 1.82) is 0 Å². The minimum absolute atomic E-state index is 0.133. The molecule has 0 bridgehead atoms. The maximum atomic E-state index is 12.3. The fourth-order valence-electron chi connectivity index (χ4n) is 3.43. The number of hydrogen-bond donors (Lipinski definition) is 1. The van der Waals surface area contributed by atoms with Gasteiger partial charge in [0.05, 0.1) is 18.3 Å². The van der Waals surface area contributed by atoms with Gasteiger partial charge in [0.25, 0.3) is 0 Å². The Bertz CT molecular complexity index is 926. The highest BCUT2D eigenvalue weighted by Gasteiger charge is 2.29. The zero-order valence-corrected chi connectivity index (χ0v) is 18.2. The van der Waals surface area contributed by atoms with Gasteiger partial charge in [0, 0.05) is 18.4 Å². The number of nitrogen functional groups attached to an aromatic ring is 1. The van der Waals surface area contributed by atoms with Crippen LogP contribution in [0.4, 0.5) is 5.82 Å². The van der Waals surface area contributed by atoms with Crippen LogP contribution in [0.1, 0.15) is 66.7 Å². The number of rotatable bonds is 10. The molecule has 3 rings (SSSR count). The lowest BCUT2D eigenvalue weighted by Crippen LogP contribution is -2.29. The molecule has 0 radical (unpaired) electrons. The van der Waals surface area contributed by atoms with Gasteiger partial charge in [-0.1, -0.05) is 37.5 Å². The third kappa shape index (κ3) is 6.38. The van der Waals surface area contributed by atoms with E-state index in [0.717, 1.165) is 24.8 Å². The van der Waals surface area contributed by atoms with Crippen molar-refractivity contribution in [3.05, 3.63) is 57.6 Å². The first-order valence-corrected chi connectivity index (χ1v) is 10.8. The molecule has 8 nitrogen and oxygen atoms in total. The molecule has 0 unspecified atom stereocenters. The zero-order valence-electron chi connectivity index (χ0n) is 18.2. The Morgan fingerprint density at radius 2 is 2.03 bits per heavy atom. The second kappa shape index (κ2) is 11.1. The summed E-state index contributed by atoms with van der Waals surface area (Å²) in [7, 11) is 0. The van der Waals surface area contributed by atoms with E-state index < -0.39 is 11.9 Å². The second-order valence-electron chi connectivity index (χ2n) is 7.86. The topological polar surface area (TPSA) is 106 Å². The number of aryl methyl sites for hydroxylation is 1. The van der Waals surface area contributed by atoms with Crippen LogP contribution in [0.15, 0.2) is 35.3 Å². The molecule has 8 heteroatoms. The molecular formula is C23H31N3O5. The van der Waals surface area contributed by atoms with Crippen LogP contribution in [-0.4, -0.2) is 34.8 Å². The van der Waals surface area contributed by atoms with E-state index in [9.17, 15) is 9.59 Å². The van der Waals surface area contributed by atoms with Gasteiger partial charge in [0.1, 0.15) is 18.7 Å². The number of anilines is 1. The number of nitrogens with zero attached hydrogens (tertiary/aromatic N) is 2. The van der Waals surface area contributed by atoms with Crippen LogP contribution in [0.25, 0.3) is 0 Å². The first kappa shape index (κ1) is 23.0. The van der Waals surface area contributed by atoms with Crippen LogP contribution in [0, 0.1) is 6.92 Å². The van der Waals surface area contributed by atoms with Crippen molar-refractivity contribution in [2.75, 3.05) is 18.9 Å². The van der Waals surface area contributed by atoms with Crippen molar-refractivity contribution in [2.45, 2.75) is 64.9 Å². The highest BCUT2D eigenvalue weighted by molar-refractivity contribution is 5.89. The summed E-state index contributed by atoms with van der Waals surface area (Å²) in [4.78, 5) is 28.5. The number of ether oxygens (including phenoxy) is 3. The summed E-state index contributed by atoms with van der Waals surface area (Å²) in [5.41, 5.74) is 7.68. The van der Waals surface area contributed by atoms with Gasteiger partial charge in [0.15, 0.2) is 0 Å². The molecule has 168 valence electrons. The highest BCUT2D eigenvalue weighted by atomic mass is 16.6.